The lowest BCUT2D eigenvalue weighted by Crippen LogP contribution is -2.35. The molecule has 2 aromatic carbocycles. The van der Waals surface area contributed by atoms with Crippen molar-refractivity contribution in [1.82, 2.24) is 4.98 Å². The molecule has 27 heavy (non-hydrogen) atoms. The number of anilines is 2. The molecule has 1 amide bonds. The monoisotopic (exact) mass is 357 g/mol. The van der Waals surface area contributed by atoms with Gasteiger partial charge in [0.05, 0.1) is 17.4 Å². The maximum absolute atomic E-state index is 13.2. The second-order valence-corrected chi connectivity index (χ2v) is 6.96. The van der Waals surface area contributed by atoms with Crippen LogP contribution in [0.25, 0.3) is 0 Å². The molecule has 4 rings (SSSR count). The first-order valence-electron chi connectivity index (χ1n) is 9.32. The lowest BCUT2D eigenvalue weighted by atomic mass is 10.0. The normalized spacial score (nSPS) is 13.1. The van der Waals surface area contributed by atoms with Crippen LogP contribution in [-0.4, -0.2) is 24.5 Å². The number of para-hydroxylation sites is 1. The first-order valence-corrected chi connectivity index (χ1v) is 9.32. The molecule has 1 aliphatic heterocycles. The smallest absolute Gasteiger partial charge is 0.259 e. The second kappa shape index (κ2) is 7.62. The number of hydrogen-bond acceptors (Lipinski definition) is 3. The van der Waals surface area contributed by atoms with Gasteiger partial charge in [0.1, 0.15) is 0 Å². The number of pyridine rings is 1. The van der Waals surface area contributed by atoms with E-state index >= 15 is 0 Å². The predicted molar refractivity (Wildman–Crippen MR) is 109 cm³/mol. The molecule has 4 heteroatoms. The van der Waals surface area contributed by atoms with Gasteiger partial charge in [0.2, 0.25) is 0 Å². The molecule has 0 radical (unpaired) electrons. The minimum absolute atomic E-state index is 0.0182. The molecule has 0 fully saturated rings. The van der Waals surface area contributed by atoms with Crippen LogP contribution in [0.15, 0.2) is 73.1 Å². The zero-order valence-corrected chi connectivity index (χ0v) is 15.5. The second-order valence-electron chi connectivity index (χ2n) is 6.96. The van der Waals surface area contributed by atoms with Crippen molar-refractivity contribution in [2.75, 3.05) is 23.4 Å². The summed E-state index contributed by atoms with van der Waals surface area (Å²) in [6.07, 6.45) is 5.49. The maximum Gasteiger partial charge on any atom is 0.259 e. The Morgan fingerprint density at radius 1 is 1.07 bits per heavy atom. The standard InChI is InChI=1S/C23H23N3O/c1-25(17-18-8-3-2-4-9-18)21-14-20(15-24-16-21)23(27)26-13-7-11-19-10-5-6-12-22(19)26/h2-6,8-10,12,14-16H,7,11,13,17H2,1H3. The van der Waals surface area contributed by atoms with E-state index in [1.54, 1.807) is 6.20 Å². The Labute approximate surface area is 160 Å². The first kappa shape index (κ1) is 17.3. The highest BCUT2D eigenvalue weighted by molar-refractivity contribution is 6.07. The zero-order valence-electron chi connectivity index (χ0n) is 15.5. The summed E-state index contributed by atoms with van der Waals surface area (Å²) in [4.78, 5) is 21.5. The molecule has 4 nitrogen and oxygen atoms in total. The fraction of sp³-hybridized carbons (Fsp3) is 0.217. The van der Waals surface area contributed by atoms with Gasteiger partial charge < -0.3 is 9.80 Å². The first-order chi connectivity index (χ1) is 13.2. The highest BCUT2D eigenvalue weighted by Crippen LogP contribution is 2.28. The van der Waals surface area contributed by atoms with Crippen molar-refractivity contribution in [3.63, 3.8) is 0 Å². The maximum atomic E-state index is 13.2. The molecule has 0 aliphatic carbocycles. The quantitative estimate of drug-likeness (QED) is 0.698. The molecule has 0 unspecified atom stereocenters. The summed E-state index contributed by atoms with van der Waals surface area (Å²) in [5.74, 6) is 0.0182. The Balaban J connectivity index is 1.57. The number of amides is 1. The fourth-order valence-electron chi connectivity index (χ4n) is 3.60. The SMILES string of the molecule is CN(Cc1ccccc1)c1cncc(C(=O)N2CCCc3ccccc32)c1. The number of rotatable bonds is 4. The number of carbonyl (C=O) groups is 1. The highest BCUT2D eigenvalue weighted by Gasteiger charge is 2.23. The van der Waals surface area contributed by atoms with E-state index in [-0.39, 0.29) is 5.91 Å². The number of fused-ring (bicyclic) bond motifs is 1. The van der Waals surface area contributed by atoms with Gasteiger partial charge in [0, 0.05) is 32.0 Å². The van der Waals surface area contributed by atoms with Crippen LogP contribution in [-0.2, 0) is 13.0 Å². The number of carbonyl (C=O) groups excluding carboxylic acids is 1. The highest BCUT2D eigenvalue weighted by atomic mass is 16.2. The van der Waals surface area contributed by atoms with Gasteiger partial charge in [-0.2, -0.15) is 0 Å². The summed E-state index contributed by atoms with van der Waals surface area (Å²) in [5.41, 5.74) is 5.06. The van der Waals surface area contributed by atoms with Crippen molar-refractivity contribution in [3.05, 3.63) is 89.7 Å². The van der Waals surface area contributed by atoms with Crippen LogP contribution in [0.2, 0.25) is 0 Å². The van der Waals surface area contributed by atoms with Crippen molar-refractivity contribution >= 4 is 17.3 Å². The van der Waals surface area contributed by atoms with Crippen LogP contribution >= 0.6 is 0 Å². The molecule has 0 atom stereocenters. The molecule has 0 saturated carbocycles. The molecule has 1 aromatic heterocycles. The van der Waals surface area contributed by atoms with Gasteiger partial charge in [-0.05, 0) is 36.1 Å². The molecule has 1 aliphatic rings. The van der Waals surface area contributed by atoms with E-state index < -0.39 is 0 Å². The van der Waals surface area contributed by atoms with E-state index in [1.807, 2.05) is 60.6 Å². The molecule has 3 aromatic rings. The van der Waals surface area contributed by atoms with Crippen LogP contribution in [0.4, 0.5) is 11.4 Å². The van der Waals surface area contributed by atoms with Gasteiger partial charge in [-0.25, -0.2) is 0 Å². The van der Waals surface area contributed by atoms with Gasteiger partial charge in [-0.1, -0.05) is 48.5 Å². The third-order valence-electron chi connectivity index (χ3n) is 5.03. The van der Waals surface area contributed by atoms with Gasteiger partial charge in [-0.15, -0.1) is 0 Å². The van der Waals surface area contributed by atoms with E-state index in [1.165, 1.54) is 11.1 Å². The van der Waals surface area contributed by atoms with E-state index in [4.69, 9.17) is 0 Å². The largest absolute Gasteiger partial charge is 0.369 e. The van der Waals surface area contributed by atoms with Gasteiger partial charge >= 0.3 is 0 Å². The predicted octanol–water partition coefficient (Wildman–Crippen LogP) is 4.31. The van der Waals surface area contributed by atoms with Gasteiger partial charge in [-0.3, -0.25) is 9.78 Å². The summed E-state index contributed by atoms with van der Waals surface area (Å²) < 4.78 is 0. The van der Waals surface area contributed by atoms with Crippen LogP contribution in [0, 0.1) is 0 Å². The fourth-order valence-corrected chi connectivity index (χ4v) is 3.60. The van der Waals surface area contributed by atoms with E-state index in [9.17, 15) is 4.79 Å². The van der Waals surface area contributed by atoms with Crippen LogP contribution < -0.4 is 9.80 Å². The van der Waals surface area contributed by atoms with Crippen molar-refractivity contribution in [3.8, 4) is 0 Å². The van der Waals surface area contributed by atoms with Crippen molar-refractivity contribution < 1.29 is 4.79 Å². The summed E-state index contributed by atoms with van der Waals surface area (Å²) in [6.45, 7) is 1.52. The minimum Gasteiger partial charge on any atom is -0.369 e. The number of hydrogen-bond donors (Lipinski definition) is 0. The molecule has 0 spiro atoms. The van der Waals surface area contributed by atoms with Crippen molar-refractivity contribution in [2.45, 2.75) is 19.4 Å². The van der Waals surface area contributed by atoms with E-state index in [0.717, 1.165) is 37.3 Å². The topological polar surface area (TPSA) is 36.4 Å². The van der Waals surface area contributed by atoms with Crippen LogP contribution in [0.1, 0.15) is 27.9 Å². The van der Waals surface area contributed by atoms with E-state index in [2.05, 4.69) is 28.1 Å². The third kappa shape index (κ3) is 3.70. The Morgan fingerprint density at radius 2 is 1.85 bits per heavy atom. The molecule has 0 saturated heterocycles. The number of benzene rings is 2. The van der Waals surface area contributed by atoms with Crippen molar-refractivity contribution in [1.29, 1.82) is 0 Å². The summed E-state index contributed by atoms with van der Waals surface area (Å²) in [7, 11) is 2.02. The van der Waals surface area contributed by atoms with E-state index in [0.29, 0.717) is 5.56 Å². The summed E-state index contributed by atoms with van der Waals surface area (Å²) >= 11 is 0. The van der Waals surface area contributed by atoms with Crippen LogP contribution in [0.3, 0.4) is 0 Å². The lowest BCUT2D eigenvalue weighted by Gasteiger charge is -2.29. The Bertz CT molecular complexity index is 939. The molecular weight excluding hydrogens is 334 g/mol. The third-order valence-corrected chi connectivity index (χ3v) is 5.03. The molecule has 0 N–H and O–H groups in total. The molecule has 136 valence electrons. The van der Waals surface area contributed by atoms with Crippen molar-refractivity contribution in [2.24, 2.45) is 0 Å². The molecule has 2 heterocycles. The van der Waals surface area contributed by atoms with Gasteiger partial charge in [0.15, 0.2) is 0 Å². The Morgan fingerprint density at radius 3 is 2.70 bits per heavy atom. The summed E-state index contributed by atoms with van der Waals surface area (Å²) in [6, 6.07) is 20.4. The zero-order chi connectivity index (χ0) is 18.6. The van der Waals surface area contributed by atoms with Crippen LogP contribution in [0.5, 0.6) is 0 Å². The number of nitrogens with zero attached hydrogens (tertiary/aromatic N) is 3. The summed E-state index contributed by atoms with van der Waals surface area (Å²) in [5, 5.41) is 0. The Hall–Kier alpha value is -3.14. The number of aryl methyl sites for hydroxylation is 1. The lowest BCUT2D eigenvalue weighted by molar-refractivity contribution is 0.0985. The Kier molecular flexibility index (Phi) is 4.88. The molecule has 0 bridgehead atoms. The average molecular weight is 357 g/mol. The average Bonchev–Trinajstić information content (AvgIpc) is 2.73. The minimum atomic E-state index is 0.0182. The molecular formula is C23H23N3O. The number of aromatic nitrogens is 1. The van der Waals surface area contributed by atoms with Gasteiger partial charge in [0.25, 0.3) is 5.91 Å².